The number of hydrogen-bond donors (Lipinski definition) is 1. The van der Waals surface area contributed by atoms with Crippen molar-refractivity contribution >= 4 is 5.82 Å². The summed E-state index contributed by atoms with van der Waals surface area (Å²) in [6.07, 6.45) is 3.83. The number of rotatable bonds is 4. The molecule has 5 nitrogen and oxygen atoms in total. The van der Waals surface area contributed by atoms with Crippen molar-refractivity contribution in [2.24, 2.45) is 5.92 Å². The van der Waals surface area contributed by atoms with Gasteiger partial charge in [0.05, 0.1) is 6.20 Å². The van der Waals surface area contributed by atoms with Crippen molar-refractivity contribution in [3.05, 3.63) is 18.2 Å². The first-order valence-electron chi connectivity index (χ1n) is 6.77. The Labute approximate surface area is 114 Å². The van der Waals surface area contributed by atoms with E-state index in [-0.39, 0.29) is 0 Å². The van der Waals surface area contributed by atoms with Crippen LogP contribution in [0.1, 0.15) is 39.6 Å². The van der Waals surface area contributed by atoms with Crippen molar-refractivity contribution in [1.29, 1.82) is 0 Å². The third kappa shape index (κ3) is 2.64. The summed E-state index contributed by atoms with van der Waals surface area (Å²) in [6.45, 7) is 11.4. The first-order chi connectivity index (χ1) is 8.90. The van der Waals surface area contributed by atoms with Gasteiger partial charge in [0.15, 0.2) is 0 Å². The van der Waals surface area contributed by atoms with E-state index < -0.39 is 0 Å². The maximum atomic E-state index is 6.23. The Morgan fingerprint density at radius 3 is 2.47 bits per heavy atom. The lowest BCUT2D eigenvalue weighted by Gasteiger charge is -2.10. The van der Waals surface area contributed by atoms with Crippen molar-refractivity contribution < 1.29 is 0 Å². The van der Waals surface area contributed by atoms with E-state index in [1.165, 1.54) is 0 Å². The third-order valence-electron chi connectivity index (χ3n) is 3.15. The summed E-state index contributed by atoms with van der Waals surface area (Å²) < 4.78 is 4.00. The average Bonchev–Trinajstić information content (AvgIpc) is 2.89. The first-order valence-corrected chi connectivity index (χ1v) is 6.77. The fourth-order valence-corrected chi connectivity index (χ4v) is 2.13. The number of imidazole rings is 1. The SMILES string of the molecule is Cc1nc(-c2cnn(C(C)C)c2)c(N)n1CC(C)C. The Hall–Kier alpha value is -1.78. The van der Waals surface area contributed by atoms with Gasteiger partial charge < -0.3 is 10.3 Å². The van der Waals surface area contributed by atoms with Crippen LogP contribution in [0.3, 0.4) is 0 Å². The highest BCUT2D eigenvalue weighted by Gasteiger charge is 2.16. The minimum absolute atomic E-state index is 0.342. The molecule has 0 bridgehead atoms. The monoisotopic (exact) mass is 261 g/mol. The minimum atomic E-state index is 0.342. The molecule has 0 amide bonds. The lowest BCUT2D eigenvalue weighted by molar-refractivity contribution is 0.518. The molecule has 19 heavy (non-hydrogen) atoms. The van der Waals surface area contributed by atoms with Gasteiger partial charge >= 0.3 is 0 Å². The van der Waals surface area contributed by atoms with E-state index in [2.05, 4.69) is 42.3 Å². The number of aromatic nitrogens is 4. The van der Waals surface area contributed by atoms with Gasteiger partial charge in [0, 0.05) is 24.3 Å². The van der Waals surface area contributed by atoms with Gasteiger partial charge in [-0.25, -0.2) is 4.98 Å². The van der Waals surface area contributed by atoms with Gasteiger partial charge in [-0.1, -0.05) is 13.8 Å². The molecule has 0 aliphatic heterocycles. The highest BCUT2D eigenvalue weighted by Crippen LogP contribution is 2.27. The van der Waals surface area contributed by atoms with Gasteiger partial charge in [-0.05, 0) is 26.7 Å². The molecule has 2 N–H and O–H groups in total. The van der Waals surface area contributed by atoms with Gasteiger partial charge in [0.2, 0.25) is 0 Å². The van der Waals surface area contributed by atoms with E-state index >= 15 is 0 Å². The molecular formula is C14H23N5. The van der Waals surface area contributed by atoms with E-state index in [1.54, 1.807) is 0 Å². The smallest absolute Gasteiger partial charge is 0.131 e. The molecule has 0 aromatic carbocycles. The summed E-state index contributed by atoms with van der Waals surface area (Å²) in [5.41, 5.74) is 8.05. The lowest BCUT2D eigenvalue weighted by atomic mass is 10.2. The van der Waals surface area contributed by atoms with E-state index in [1.807, 2.05) is 24.0 Å². The van der Waals surface area contributed by atoms with Crippen LogP contribution in [0.5, 0.6) is 0 Å². The quantitative estimate of drug-likeness (QED) is 0.920. The average molecular weight is 261 g/mol. The predicted molar refractivity (Wildman–Crippen MR) is 77.8 cm³/mol. The molecule has 0 spiro atoms. The van der Waals surface area contributed by atoms with Gasteiger partial charge in [0.1, 0.15) is 17.3 Å². The molecule has 5 heteroatoms. The third-order valence-corrected chi connectivity index (χ3v) is 3.15. The Balaban J connectivity index is 2.39. The second kappa shape index (κ2) is 5.07. The molecule has 0 saturated carbocycles. The molecule has 2 aromatic heterocycles. The Morgan fingerprint density at radius 2 is 1.95 bits per heavy atom. The van der Waals surface area contributed by atoms with Gasteiger partial charge in [-0.2, -0.15) is 5.10 Å². The molecule has 0 radical (unpaired) electrons. The van der Waals surface area contributed by atoms with Crippen LogP contribution in [0.25, 0.3) is 11.3 Å². The summed E-state index contributed by atoms with van der Waals surface area (Å²) in [7, 11) is 0. The maximum Gasteiger partial charge on any atom is 0.131 e. The van der Waals surface area contributed by atoms with Crippen LogP contribution in [-0.4, -0.2) is 19.3 Å². The molecule has 0 unspecified atom stereocenters. The van der Waals surface area contributed by atoms with E-state index in [0.717, 1.165) is 29.4 Å². The number of anilines is 1. The van der Waals surface area contributed by atoms with Gasteiger partial charge in [-0.3, -0.25) is 4.68 Å². The standard InChI is InChI=1S/C14H23N5/c1-9(2)7-18-11(5)17-13(14(18)15)12-6-16-19(8-12)10(3)4/h6,8-10H,7,15H2,1-5H3. The number of hydrogen-bond acceptors (Lipinski definition) is 3. The van der Waals surface area contributed by atoms with Crippen LogP contribution in [0.15, 0.2) is 12.4 Å². The lowest BCUT2D eigenvalue weighted by Crippen LogP contribution is -2.09. The second-order valence-corrected chi connectivity index (χ2v) is 5.70. The summed E-state index contributed by atoms with van der Waals surface area (Å²) in [5.74, 6) is 2.23. The fourth-order valence-electron chi connectivity index (χ4n) is 2.13. The van der Waals surface area contributed by atoms with Crippen LogP contribution >= 0.6 is 0 Å². The molecule has 0 fully saturated rings. The number of nitrogens with two attached hydrogens (primary N) is 1. The van der Waals surface area contributed by atoms with Crippen molar-refractivity contribution in [1.82, 2.24) is 19.3 Å². The first kappa shape index (κ1) is 13.6. The van der Waals surface area contributed by atoms with Crippen molar-refractivity contribution in [2.45, 2.75) is 47.2 Å². The Bertz CT molecular complexity index is 562. The molecule has 2 rings (SSSR count). The van der Waals surface area contributed by atoms with Crippen molar-refractivity contribution in [3.63, 3.8) is 0 Å². The number of nitrogen functional groups attached to an aromatic ring is 1. The van der Waals surface area contributed by atoms with Crippen LogP contribution in [0.4, 0.5) is 5.82 Å². The predicted octanol–water partition coefficient (Wildman–Crippen LogP) is 2.87. The maximum absolute atomic E-state index is 6.23. The highest BCUT2D eigenvalue weighted by atomic mass is 15.3. The van der Waals surface area contributed by atoms with Crippen LogP contribution < -0.4 is 5.73 Å². The molecule has 0 aliphatic rings. The zero-order valence-corrected chi connectivity index (χ0v) is 12.4. The summed E-state index contributed by atoms with van der Waals surface area (Å²) in [6, 6.07) is 0.342. The zero-order chi connectivity index (χ0) is 14.2. The summed E-state index contributed by atoms with van der Waals surface area (Å²) >= 11 is 0. The van der Waals surface area contributed by atoms with E-state index in [0.29, 0.717) is 12.0 Å². The molecule has 2 heterocycles. The normalized spacial score (nSPS) is 11.7. The van der Waals surface area contributed by atoms with Crippen molar-refractivity contribution in [2.75, 3.05) is 5.73 Å². The molecule has 0 atom stereocenters. The molecule has 0 aliphatic carbocycles. The Kier molecular flexibility index (Phi) is 3.64. The second-order valence-electron chi connectivity index (χ2n) is 5.70. The van der Waals surface area contributed by atoms with Gasteiger partial charge in [0.25, 0.3) is 0 Å². The largest absolute Gasteiger partial charge is 0.383 e. The van der Waals surface area contributed by atoms with E-state index in [9.17, 15) is 0 Å². The van der Waals surface area contributed by atoms with Crippen molar-refractivity contribution in [3.8, 4) is 11.3 Å². The Morgan fingerprint density at radius 1 is 1.26 bits per heavy atom. The highest BCUT2D eigenvalue weighted by molar-refractivity contribution is 5.69. The number of aryl methyl sites for hydroxylation is 1. The number of nitrogens with zero attached hydrogens (tertiary/aromatic N) is 4. The molecule has 0 saturated heterocycles. The summed E-state index contributed by atoms with van der Waals surface area (Å²) in [4.78, 5) is 4.59. The van der Waals surface area contributed by atoms with E-state index in [4.69, 9.17) is 5.73 Å². The van der Waals surface area contributed by atoms with Crippen LogP contribution in [-0.2, 0) is 6.54 Å². The summed E-state index contributed by atoms with van der Waals surface area (Å²) in [5, 5.41) is 4.34. The molecule has 2 aromatic rings. The fraction of sp³-hybridized carbons (Fsp3) is 0.571. The van der Waals surface area contributed by atoms with Gasteiger partial charge in [-0.15, -0.1) is 0 Å². The van der Waals surface area contributed by atoms with Crippen LogP contribution in [0.2, 0.25) is 0 Å². The molecular weight excluding hydrogens is 238 g/mol. The zero-order valence-electron chi connectivity index (χ0n) is 12.4. The minimum Gasteiger partial charge on any atom is -0.383 e. The topological polar surface area (TPSA) is 61.7 Å². The molecule has 104 valence electrons. The van der Waals surface area contributed by atoms with Crippen LogP contribution in [0, 0.1) is 12.8 Å².